The van der Waals surface area contributed by atoms with Gasteiger partial charge in [0.25, 0.3) is 0 Å². The highest BCUT2D eigenvalue weighted by atomic mass is 35.5. The molecule has 1 heteroatoms. The van der Waals surface area contributed by atoms with Crippen molar-refractivity contribution in [3.8, 4) is 0 Å². The Kier molecular flexibility index (Phi) is 6.05. The minimum Gasteiger partial charge on any atom is -0.118 e. The molecule has 0 fully saturated rings. The van der Waals surface area contributed by atoms with Gasteiger partial charge in [0, 0.05) is 0 Å². The zero-order valence-corrected chi connectivity index (χ0v) is 12.4. The molecule has 1 atom stereocenters. The van der Waals surface area contributed by atoms with E-state index >= 15 is 0 Å². The van der Waals surface area contributed by atoms with Crippen LogP contribution < -0.4 is 0 Å². The van der Waals surface area contributed by atoms with Crippen LogP contribution in [0.2, 0.25) is 0 Å². The summed E-state index contributed by atoms with van der Waals surface area (Å²) in [6.07, 6.45) is 5.51. The third-order valence-electron chi connectivity index (χ3n) is 3.44. The molecule has 0 radical (unpaired) electrons. The van der Waals surface area contributed by atoms with Gasteiger partial charge in [0.05, 0.1) is 5.38 Å². The van der Waals surface area contributed by atoms with E-state index in [0.29, 0.717) is 0 Å². The predicted molar refractivity (Wildman–Crippen MR) is 78.1 cm³/mol. The van der Waals surface area contributed by atoms with Crippen molar-refractivity contribution in [3.63, 3.8) is 0 Å². The van der Waals surface area contributed by atoms with Crippen molar-refractivity contribution in [2.24, 2.45) is 0 Å². The Bertz CT molecular complexity index is 330. The summed E-state index contributed by atoms with van der Waals surface area (Å²) in [4.78, 5) is 0. The van der Waals surface area contributed by atoms with Crippen molar-refractivity contribution in [2.75, 3.05) is 0 Å². The Balaban J connectivity index is 3.23. The second kappa shape index (κ2) is 7.06. The van der Waals surface area contributed by atoms with Gasteiger partial charge in [0.15, 0.2) is 0 Å². The third kappa shape index (κ3) is 3.48. The lowest BCUT2D eigenvalue weighted by Crippen LogP contribution is -2.04. The maximum absolute atomic E-state index is 6.57. The second-order valence-electron chi connectivity index (χ2n) is 4.64. The molecule has 1 aromatic rings. The monoisotopic (exact) mass is 252 g/mol. The Morgan fingerprint density at radius 3 is 1.82 bits per heavy atom. The molecule has 0 saturated carbocycles. The summed E-state index contributed by atoms with van der Waals surface area (Å²) in [6, 6.07) is 4.69. The first-order valence-corrected chi connectivity index (χ1v) is 7.40. The molecule has 1 rings (SSSR count). The van der Waals surface area contributed by atoms with Crippen molar-refractivity contribution in [2.45, 2.75) is 65.2 Å². The fourth-order valence-electron chi connectivity index (χ4n) is 2.44. The molecule has 0 nitrogen and oxygen atoms in total. The molecular formula is C16H25Cl. The molecule has 0 spiro atoms. The second-order valence-corrected chi connectivity index (χ2v) is 5.17. The van der Waals surface area contributed by atoms with Crippen molar-refractivity contribution in [1.29, 1.82) is 0 Å². The fourth-order valence-corrected chi connectivity index (χ4v) is 2.94. The highest BCUT2D eigenvalue weighted by molar-refractivity contribution is 6.21. The van der Waals surface area contributed by atoms with E-state index in [-0.39, 0.29) is 5.38 Å². The molecule has 96 valence electrons. The number of hydrogen-bond donors (Lipinski definition) is 0. The summed E-state index contributed by atoms with van der Waals surface area (Å²) in [5.74, 6) is 0. The first kappa shape index (κ1) is 14.6. The van der Waals surface area contributed by atoms with E-state index in [1.165, 1.54) is 22.3 Å². The van der Waals surface area contributed by atoms with Crippen LogP contribution in [0.5, 0.6) is 0 Å². The standard InChI is InChI=1S/C16H25Cl/c1-5-9-15(17)16-13(7-3)10-12(6-2)11-14(16)8-4/h10-11,15H,5-9H2,1-4H3. The van der Waals surface area contributed by atoms with E-state index in [2.05, 4.69) is 39.8 Å². The highest BCUT2D eigenvalue weighted by Gasteiger charge is 2.15. The SMILES string of the molecule is CCCC(Cl)c1c(CC)cc(CC)cc1CC. The summed E-state index contributed by atoms with van der Waals surface area (Å²) in [6.45, 7) is 8.88. The Morgan fingerprint density at radius 2 is 1.47 bits per heavy atom. The molecule has 0 aliphatic rings. The summed E-state index contributed by atoms with van der Waals surface area (Å²) in [7, 11) is 0. The topological polar surface area (TPSA) is 0 Å². The van der Waals surface area contributed by atoms with Crippen LogP contribution in [0.3, 0.4) is 0 Å². The minimum atomic E-state index is 0.191. The minimum absolute atomic E-state index is 0.191. The third-order valence-corrected chi connectivity index (χ3v) is 3.87. The maximum Gasteiger partial charge on any atom is 0.0590 e. The smallest absolute Gasteiger partial charge is 0.0590 e. The molecule has 0 heterocycles. The van der Waals surface area contributed by atoms with Gasteiger partial charge in [-0.05, 0) is 47.9 Å². The average Bonchev–Trinajstić information content (AvgIpc) is 2.37. The molecule has 0 aliphatic heterocycles. The molecule has 1 unspecified atom stereocenters. The number of aryl methyl sites for hydroxylation is 3. The van der Waals surface area contributed by atoms with Crippen LogP contribution in [-0.4, -0.2) is 0 Å². The zero-order valence-electron chi connectivity index (χ0n) is 11.6. The van der Waals surface area contributed by atoms with Gasteiger partial charge < -0.3 is 0 Å². The van der Waals surface area contributed by atoms with Crippen molar-refractivity contribution in [1.82, 2.24) is 0 Å². The number of alkyl halides is 1. The molecular weight excluding hydrogens is 228 g/mol. The van der Waals surface area contributed by atoms with Gasteiger partial charge in [0.2, 0.25) is 0 Å². The first-order valence-electron chi connectivity index (χ1n) is 6.96. The Labute approximate surface area is 111 Å². The number of halogens is 1. The molecule has 0 aliphatic carbocycles. The predicted octanol–water partition coefficient (Wildman–Crippen LogP) is 5.45. The van der Waals surface area contributed by atoms with Crippen LogP contribution in [0.4, 0.5) is 0 Å². The van der Waals surface area contributed by atoms with Crippen LogP contribution >= 0.6 is 11.6 Å². The Hall–Kier alpha value is -0.490. The summed E-state index contributed by atoms with van der Waals surface area (Å²) >= 11 is 6.57. The quantitative estimate of drug-likeness (QED) is 0.591. The van der Waals surface area contributed by atoms with E-state index in [4.69, 9.17) is 11.6 Å². The van der Waals surface area contributed by atoms with Gasteiger partial charge in [-0.3, -0.25) is 0 Å². The first-order chi connectivity index (χ1) is 8.17. The summed E-state index contributed by atoms with van der Waals surface area (Å²) < 4.78 is 0. The van der Waals surface area contributed by atoms with Crippen LogP contribution in [0.15, 0.2) is 12.1 Å². The van der Waals surface area contributed by atoms with E-state index in [1.54, 1.807) is 0 Å². The van der Waals surface area contributed by atoms with Crippen LogP contribution in [0, 0.1) is 0 Å². The number of benzene rings is 1. The lowest BCUT2D eigenvalue weighted by atomic mass is 9.90. The van der Waals surface area contributed by atoms with Gasteiger partial charge >= 0.3 is 0 Å². The van der Waals surface area contributed by atoms with Crippen LogP contribution in [-0.2, 0) is 19.3 Å². The molecule has 1 aromatic carbocycles. The fraction of sp³-hybridized carbons (Fsp3) is 0.625. The van der Waals surface area contributed by atoms with Crippen molar-refractivity contribution < 1.29 is 0 Å². The number of rotatable bonds is 6. The molecule has 0 amide bonds. The van der Waals surface area contributed by atoms with E-state index in [1.807, 2.05) is 0 Å². The Morgan fingerprint density at radius 1 is 0.941 bits per heavy atom. The highest BCUT2D eigenvalue weighted by Crippen LogP contribution is 2.33. The maximum atomic E-state index is 6.57. The van der Waals surface area contributed by atoms with Gasteiger partial charge in [-0.15, -0.1) is 11.6 Å². The van der Waals surface area contributed by atoms with Crippen LogP contribution in [0.1, 0.15) is 68.2 Å². The lowest BCUT2D eigenvalue weighted by Gasteiger charge is -2.19. The molecule has 0 saturated heterocycles. The van der Waals surface area contributed by atoms with Gasteiger partial charge in [-0.1, -0.05) is 46.2 Å². The molecule has 0 aromatic heterocycles. The van der Waals surface area contributed by atoms with Crippen molar-refractivity contribution in [3.05, 3.63) is 34.4 Å². The van der Waals surface area contributed by atoms with Gasteiger partial charge in [-0.2, -0.15) is 0 Å². The molecule has 0 N–H and O–H groups in total. The largest absolute Gasteiger partial charge is 0.118 e. The van der Waals surface area contributed by atoms with E-state index in [9.17, 15) is 0 Å². The van der Waals surface area contributed by atoms with Gasteiger partial charge in [-0.25, -0.2) is 0 Å². The van der Waals surface area contributed by atoms with Crippen LogP contribution in [0.25, 0.3) is 0 Å². The summed E-state index contributed by atoms with van der Waals surface area (Å²) in [5.41, 5.74) is 5.77. The lowest BCUT2D eigenvalue weighted by molar-refractivity contribution is 0.753. The molecule has 17 heavy (non-hydrogen) atoms. The van der Waals surface area contributed by atoms with Gasteiger partial charge in [0.1, 0.15) is 0 Å². The summed E-state index contributed by atoms with van der Waals surface area (Å²) in [5, 5.41) is 0.191. The van der Waals surface area contributed by atoms with E-state index in [0.717, 1.165) is 32.1 Å². The van der Waals surface area contributed by atoms with E-state index < -0.39 is 0 Å². The van der Waals surface area contributed by atoms with Crippen molar-refractivity contribution >= 4 is 11.6 Å². The number of hydrogen-bond acceptors (Lipinski definition) is 0. The zero-order chi connectivity index (χ0) is 12.8. The normalized spacial score (nSPS) is 12.8. The molecule has 0 bridgehead atoms. The average molecular weight is 253 g/mol.